The third-order valence-corrected chi connectivity index (χ3v) is 6.19. The number of esters is 1. The molecule has 1 aromatic rings. The molecule has 2 N–H and O–H groups in total. The predicted molar refractivity (Wildman–Crippen MR) is 111 cm³/mol. The van der Waals surface area contributed by atoms with Crippen molar-refractivity contribution in [1.29, 1.82) is 0 Å². The molecule has 0 heterocycles. The average molecular weight is 401 g/mol. The maximum absolute atomic E-state index is 11.7. The number of carbonyl (C=O) groups is 1. The second kappa shape index (κ2) is 10.9. The van der Waals surface area contributed by atoms with Crippen LogP contribution in [0.2, 0.25) is 5.02 Å². The number of halogens is 1. The summed E-state index contributed by atoms with van der Waals surface area (Å²) in [5, 5.41) is 8.03. The molecule has 0 aromatic heterocycles. The molecule has 1 aliphatic carbocycles. The number of ether oxygens (including phenoxy) is 1. The van der Waals surface area contributed by atoms with E-state index in [1.807, 2.05) is 0 Å². The molecule has 1 aromatic carbocycles. The van der Waals surface area contributed by atoms with E-state index in [9.17, 15) is 4.79 Å². The van der Waals surface area contributed by atoms with Crippen molar-refractivity contribution < 1.29 is 9.53 Å². The summed E-state index contributed by atoms with van der Waals surface area (Å²) in [5.41, 5.74) is 1.03. The molecule has 0 radical (unpaired) electrons. The van der Waals surface area contributed by atoms with E-state index in [0.717, 1.165) is 24.0 Å². The number of rotatable bonds is 7. The molecule has 1 saturated carbocycles. The van der Waals surface area contributed by atoms with Crippen LogP contribution in [0.1, 0.15) is 48.9 Å². The van der Waals surface area contributed by atoms with E-state index in [1.54, 1.807) is 18.2 Å². The first-order valence-electron chi connectivity index (χ1n) is 8.64. The van der Waals surface area contributed by atoms with Crippen molar-refractivity contribution in [3.63, 3.8) is 0 Å². The number of nitrogens with one attached hydrogen (secondary N) is 2. The molecular formula is C18H25ClN2O2S2. The van der Waals surface area contributed by atoms with E-state index in [0.29, 0.717) is 21.4 Å². The van der Waals surface area contributed by atoms with Gasteiger partial charge in [-0.05, 0) is 55.4 Å². The summed E-state index contributed by atoms with van der Waals surface area (Å²) in [5.74, 6) is 0.695. The summed E-state index contributed by atoms with van der Waals surface area (Å²) in [6, 6.07) is 5.07. The van der Waals surface area contributed by atoms with Crippen LogP contribution < -0.4 is 10.6 Å². The Kier molecular flexibility index (Phi) is 8.85. The van der Waals surface area contributed by atoms with E-state index in [1.165, 1.54) is 39.2 Å². The lowest BCUT2D eigenvalue weighted by Crippen LogP contribution is -2.29. The van der Waals surface area contributed by atoms with Crippen LogP contribution in [0.15, 0.2) is 18.2 Å². The topological polar surface area (TPSA) is 50.4 Å². The van der Waals surface area contributed by atoms with Crippen molar-refractivity contribution in [1.82, 2.24) is 5.32 Å². The Bertz CT molecular complexity index is 592. The first kappa shape index (κ1) is 20.3. The Hall–Kier alpha value is -0.980. The normalized spacial score (nSPS) is 14.8. The van der Waals surface area contributed by atoms with Gasteiger partial charge in [-0.15, -0.1) is 0 Å². The number of hydrogen-bond donors (Lipinski definition) is 2. The summed E-state index contributed by atoms with van der Waals surface area (Å²) in [7, 11) is 1.33. The Morgan fingerprint density at radius 3 is 2.84 bits per heavy atom. The van der Waals surface area contributed by atoms with Crippen LogP contribution in [0.25, 0.3) is 0 Å². The van der Waals surface area contributed by atoms with Crippen molar-refractivity contribution in [2.45, 2.75) is 43.8 Å². The lowest BCUT2D eigenvalue weighted by molar-refractivity contribution is 0.0601. The minimum atomic E-state index is -0.465. The van der Waals surface area contributed by atoms with Gasteiger partial charge >= 0.3 is 5.97 Å². The van der Waals surface area contributed by atoms with Gasteiger partial charge in [-0.2, -0.15) is 11.8 Å². The van der Waals surface area contributed by atoms with Crippen molar-refractivity contribution in [3.8, 4) is 0 Å². The standard InChI is InChI=1S/C18H25ClN2O2S2/c1-23-17(22)15-12-13(8-9-16(15)19)21-18(24)20-10-5-11-25-14-6-3-2-4-7-14/h8-9,12,14H,2-7,10-11H2,1H3,(H2,20,21,24). The number of methoxy groups -OCH3 is 1. The van der Waals surface area contributed by atoms with E-state index in [2.05, 4.69) is 22.4 Å². The van der Waals surface area contributed by atoms with Crippen molar-refractivity contribution in [2.24, 2.45) is 0 Å². The van der Waals surface area contributed by atoms with Gasteiger partial charge in [-0.3, -0.25) is 0 Å². The van der Waals surface area contributed by atoms with Gasteiger partial charge in [0.15, 0.2) is 5.11 Å². The highest BCUT2D eigenvalue weighted by molar-refractivity contribution is 7.99. The van der Waals surface area contributed by atoms with Crippen molar-refractivity contribution in [3.05, 3.63) is 28.8 Å². The summed E-state index contributed by atoms with van der Waals surface area (Å²) in [4.78, 5) is 11.7. The molecule has 4 nitrogen and oxygen atoms in total. The van der Waals surface area contributed by atoms with Crippen LogP contribution in [0.4, 0.5) is 5.69 Å². The fourth-order valence-corrected chi connectivity index (χ4v) is 4.53. The van der Waals surface area contributed by atoms with Crippen LogP contribution in [0.5, 0.6) is 0 Å². The Labute approximate surface area is 164 Å². The van der Waals surface area contributed by atoms with E-state index in [-0.39, 0.29) is 0 Å². The van der Waals surface area contributed by atoms with Gasteiger partial charge in [0, 0.05) is 17.5 Å². The van der Waals surface area contributed by atoms with E-state index in [4.69, 9.17) is 28.6 Å². The van der Waals surface area contributed by atoms with Crippen LogP contribution in [-0.2, 0) is 4.74 Å². The van der Waals surface area contributed by atoms with Gasteiger partial charge in [-0.1, -0.05) is 30.9 Å². The van der Waals surface area contributed by atoms with Gasteiger partial charge in [0.2, 0.25) is 0 Å². The molecule has 0 unspecified atom stereocenters. The molecule has 0 saturated heterocycles. The van der Waals surface area contributed by atoms with Crippen LogP contribution in [0, 0.1) is 0 Å². The van der Waals surface area contributed by atoms with Crippen LogP contribution in [-0.4, -0.2) is 35.7 Å². The van der Waals surface area contributed by atoms with Gasteiger partial charge in [0.25, 0.3) is 0 Å². The highest BCUT2D eigenvalue weighted by Gasteiger charge is 2.13. The van der Waals surface area contributed by atoms with Crippen molar-refractivity contribution >= 4 is 52.3 Å². The average Bonchev–Trinajstić information content (AvgIpc) is 2.63. The molecule has 1 aliphatic rings. The first-order chi connectivity index (χ1) is 12.1. The molecule has 0 bridgehead atoms. The largest absolute Gasteiger partial charge is 0.465 e. The number of thioether (sulfide) groups is 1. The molecule has 25 heavy (non-hydrogen) atoms. The second-order valence-electron chi connectivity index (χ2n) is 6.05. The quantitative estimate of drug-likeness (QED) is 0.387. The Morgan fingerprint density at radius 2 is 2.12 bits per heavy atom. The summed E-state index contributed by atoms with van der Waals surface area (Å²) in [6.45, 7) is 0.836. The third kappa shape index (κ3) is 7.04. The van der Waals surface area contributed by atoms with Crippen LogP contribution >= 0.6 is 35.6 Å². The highest BCUT2D eigenvalue weighted by Crippen LogP contribution is 2.28. The van der Waals surface area contributed by atoms with E-state index < -0.39 is 5.97 Å². The molecule has 0 atom stereocenters. The number of hydrogen-bond acceptors (Lipinski definition) is 4. The lowest BCUT2D eigenvalue weighted by Gasteiger charge is -2.20. The van der Waals surface area contributed by atoms with E-state index >= 15 is 0 Å². The number of carbonyl (C=O) groups excluding carboxylic acids is 1. The number of thiocarbonyl (C=S) groups is 1. The fourth-order valence-electron chi connectivity index (χ4n) is 2.80. The minimum Gasteiger partial charge on any atom is -0.465 e. The van der Waals surface area contributed by atoms with Crippen molar-refractivity contribution in [2.75, 3.05) is 24.7 Å². The predicted octanol–water partition coefficient (Wildman–Crippen LogP) is 4.87. The zero-order valence-electron chi connectivity index (χ0n) is 14.5. The third-order valence-electron chi connectivity index (χ3n) is 4.14. The Balaban J connectivity index is 1.68. The number of benzene rings is 1. The summed E-state index contributed by atoms with van der Waals surface area (Å²) in [6.07, 6.45) is 8.00. The maximum atomic E-state index is 11.7. The maximum Gasteiger partial charge on any atom is 0.339 e. The fraction of sp³-hybridized carbons (Fsp3) is 0.556. The molecule has 0 spiro atoms. The molecule has 138 valence electrons. The highest BCUT2D eigenvalue weighted by atomic mass is 35.5. The smallest absolute Gasteiger partial charge is 0.339 e. The number of anilines is 1. The Morgan fingerprint density at radius 1 is 1.36 bits per heavy atom. The first-order valence-corrected chi connectivity index (χ1v) is 10.5. The molecule has 0 aliphatic heterocycles. The monoisotopic (exact) mass is 400 g/mol. The summed E-state index contributed by atoms with van der Waals surface area (Å²) < 4.78 is 4.72. The zero-order chi connectivity index (χ0) is 18.1. The van der Waals surface area contributed by atoms with Gasteiger partial charge < -0.3 is 15.4 Å². The summed E-state index contributed by atoms with van der Waals surface area (Å²) >= 11 is 13.4. The molecular weight excluding hydrogens is 376 g/mol. The zero-order valence-corrected chi connectivity index (χ0v) is 16.9. The molecule has 7 heteroatoms. The van der Waals surface area contributed by atoms with Crippen LogP contribution in [0.3, 0.4) is 0 Å². The lowest BCUT2D eigenvalue weighted by atomic mass is 10.0. The minimum absolute atomic E-state index is 0.320. The van der Waals surface area contributed by atoms with Gasteiger partial charge in [0.05, 0.1) is 17.7 Å². The molecule has 0 amide bonds. The SMILES string of the molecule is COC(=O)c1cc(NC(=S)NCCCSC2CCCCC2)ccc1Cl. The molecule has 1 fully saturated rings. The van der Waals surface area contributed by atoms with Gasteiger partial charge in [-0.25, -0.2) is 4.79 Å². The van der Waals surface area contributed by atoms with Gasteiger partial charge in [0.1, 0.15) is 0 Å². The molecule has 2 rings (SSSR count). The second-order valence-corrected chi connectivity index (χ2v) is 8.28.